The van der Waals surface area contributed by atoms with Gasteiger partial charge in [-0.15, -0.1) is 0 Å². The number of carbonyl (C=O) groups is 1. The number of carbonyl (C=O) groups excluding carboxylic acids is 1. The summed E-state index contributed by atoms with van der Waals surface area (Å²) in [5.41, 5.74) is 1.41. The van der Waals surface area contributed by atoms with Gasteiger partial charge in [0, 0.05) is 19.3 Å². The molecule has 0 radical (unpaired) electrons. The normalized spacial score (nSPS) is 18.4. The van der Waals surface area contributed by atoms with Crippen LogP contribution in [0.15, 0.2) is 73.2 Å². The van der Waals surface area contributed by atoms with Crippen molar-refractivity contribution in [3.8, 4) is 5.75 Å². The number of amides is 1. The SMILES string of the molecule is Cc1oc(=O)oc1COc1c2n(ccc1=O)N1C(c3ccccc3)c3cc(F)c(F)cc3CCCC1N(C)C2=O. The molecule has 4 heterocycles. The van der Waals surface area contributed by atoms with Gasteiger partial charge in [-0.1, -0.05) is 30.3 Å². The molecule has 9 nitrogen and oxygen atoms in total. The number of rotatable bonds is 4. The predicted molar refractivity (Wildman–Crippen MR) is 139 cm³/mol. The molecule has 2 atom stereocenters. The average molecular weight is 550 g/mol. The molecule has 0 N–H and O–H groups in total. The third-order valence-electron chi connectivity index (χ3n) is 7.51. The van der Waals surface area contributed by atoms with Crippen LogP contribution in [0.5, 0.6) is 5.75 Å². The minimum atomic E-state index is -0.973. The topological polar surface area (TPSA) is 98.1 Å². The molecule has 1 amide bonds. The van der Waals surface area contributed by atoms with E-state index in [9.17, 15) is 23.2 Å². The molecule has 2 aliphatic heterocycles. The molecule has 206 valence electrons. The summed E-state index contributed by atoms with van der Waals surface area (Å²) in [5, 5.41) is 1.90. The lowest BCUT2D eigenvalue weighted by Crippen LogP contribution is -2.61. The Morgan fingerprint density at radius 2 is 1.77 bits per heavy atom. The van der Waals surface area contributed by atoms with Gasteiger partial charge in [0.05, 0.1) is 6.04 Å². The first-order chi connectivity index (χ1) is 19.2. The Kier molecular flexibility index (Phi) is 6.28. The maximum Gasteiger partial charge on any atom is 0.519 e. The second-order valence-electron chi connectivity index (χ2n) is 9.87. The van der Waals surface area contributed by atoms with Crippen molar-refractivity contribution in [2.75, 3.05) is 12.1 Å². The average Bonchev–Trinajstić information content (AvgIpc) is 3.26. The second kappa shape index (κ2) is 9.82. The molecular weight excluding hydrogens is 524 g/mol. The van der Waals surface area contributed by atoms with Crippen LogP contribution in [0.3, 0.4) is 0 Å². The number of hydrogen-bond acceptors (Lipinski definition) is 7. The zero-order valence-electron chi connectivity index (χ0n) is 21.7. The number of ether oxygens (including phenoxy) is 1. The van der Waals surface area contributed by atoms with E-state index >= 15 is 0 Å². The summed E-state index contributed by atoms with van der Waals surface area (Å²) in [6.45, 7) is 1.20. The van der Waals surface area contributed by atoms with E-state index in [1.165, 1.54) is 36.2 Å². The van der Waals surface area contributed by atoms with Crippen molar-refractivity contribution in [3.63, 3.8) is 0 Å². The Labute approximate surface area is 226 Å². The molecular formula is C29H25F2N3O6. The molecule has 4 aromatic rings. The van der Waals surface area contributed by atoms with Gasteiger partial charge in [0.1, 0.15) is 12.8 Å². The fourth-order valence-corrected chi connectivity index (χ4v) is 5.59. The van der Waals surface area contributed by atoms with Crippen molar-refractivity contribution < 1.29 is 27.1 Å². The first-order valence-electron chi connectivity index (χ1n) is 12.8. The molecule has 11 heteroatoms. The van der Waals surface area contributed by atoms with Crippen LogP contribution in [0, 0.1) is 18.6 Å². The van der Waals surface area contributed by atoms with E-state index in [0.717, 1.165) is 5.56 Å². The van der Waals surface area contributed by atoms with Gasteiger partial charge in [-0.2, -0.15) is 0 Å². The molecule has 2 aliphatic rings. The zero-order chi connectivity index (χ0) is 28.1. The van der Waals surface area contributed by atoms with Crippen LogP contribution in [0.1, 0.15) is 57.6 Å². The van der Waals surface area contributed by atoms with Crippen LogP contribution in [-0.4, -0.2) is 28.7 Å². The molecule has 0 saturated carbocycles. The lowest BCUT2D eigenvalue weighted by Gasteiger charge is -2.50. The number of fused-ring (bicyclic) bond motifs is 4. The third-order valence-corrected chi connectivity index (χ3v) is 7.51. The molecule has 6 rings (SSSR count). The maximum atomic E-state index is 14.7. The number of halogens is 2. The zero-order valence-corrected chi connectivity index (χ0v) is 21.7. The van der Waals surface area contributed by atoms with Crippen molar-refractivity contribution in [2.45, 2.75) is 45.0 Å². The Morgan fingerprint density at radius 3 is 2.50 bits per heavy atom. The molecule has 2 aromatic heterocycles. The largest absolute Gasteiger partial charge is 0.519 e. The summed E-state index contributed by atoms with van der Waals surface area (Å²) in [5.74, 6) is -3.21. The number of benzene rings is 2. The van der Waals surface area contributed by atoms with Crippen LogP contribution in [-0.2, 0) is 13.0 Å². The molecule has 2 aromatic carbocycles. The van der Waals surface area contributed by atoms with E-state index in [1.807, 2.05) is 35.3 Å². The van der Waals surface area contributed by atoms with Gasteiger partial charge >= 0.3 is 5.82 Å². The number of hydrogen-bond donors (Lipinski definition) is 0. The number of aromatic nitrogens is 1. The van der Waals surface area contributed by atoms with E-state index in [0.29, 0.717) is 30.4 Å². The van der Waals surface area contributed by atoms with Crippen LogP contribution < -0.4 is 21.0 Å². The maximum absolute atomic E-state index is 14.7. The fourth-order valence-electron chi connectivity index (χ4n) is 5.59. The van der Waals surface area contributed by atoms with Gasteiger partial charge in [-0.25, -0.2) is 13.6 Å². The smallest absolute Gasteiger partial charge is 0.479 e. The summed E-state index contributed by atoms with van der Waals surface area (Å²) in [4.78, 5) is 39.8. The van der Waals surface area contributed by atoms with Gasteiger partial charge in [0.15, 0.2) is 34.6 Å². The Bertz CT molecular complexity index is 1730. The lowest BCUT2D eigenvalue weighted by molar-refractivity contribution is 0.0595. The summed E-state index contributed by atoms with van der Waals surface area (Å²) in [6, 6.07) is 12.4. The summed E-state index contributed by atoms with van der Waals surface area (Å²) in [7, 11) is 1.64. The Morgan fingerprint density at radius 1 is 1.02 bits per heavy atom. The van der Waals surface area contributed by atoms with Gasteiger partial charge < -0.3 is 18.5 Å². The van der Waals surface area contributed by atoms with Crippen molar-refractivity contribution in [3.05, 3.63) is 121 Å². The highest BCUT2D eigenvalue weighted by molar-refractivity contribution is 5.96. The predicted octanol–water partition coefficient (Wildman–Crippen LogP) is 4.04. The number of aryl methyl sites for hydroxylation is 2. The van der Waals surface area contributed by atoms with Gasteiger partial charge in [0.2, 0.25) is 5.43 Å². The van der Waals surface area contributed by atoms with E-state index in [1.54, 1.807) is 11.7 Å². The van der Waals surface area contributed by atoms with E-state index < -0.39 is 41.0 Å². The number of pyridine rings is 1. The van der Waals surface area contributed by atoms with Crippen LogP contribution in [0.25, 0.3) is 0 Å². The van der Waals surface area contributed by atoms with Gasteiger partial charge in [-0.3, -0.25) is 19.3 Å². The van der Waals surface area contributed by atoms with E-state index in [4.69, 9.17) is 13.6 Å². The van der Waals surface area contributed by atoms with E-state index in [-0.39, 0.29) is 29.6 Å². The van der Waals surface area contributed by atoms with Crippen molar-refractivity contribution in [1.29, 1.82) is 0 Å². The Balaban J connectivity index is 1.56. The van der Waals surface area contributed by atoms with Crippen LogP contribution >= 0.6 is 0 Å². The lowest BCUT2D eigenvalue weighted by atomic mass is 9.88. The fraction of sp³-hybridized carbons (Fsp3) is 0.276. The minimum Gasteiger partial charge on any atom is -0.479 e. The second-order valence-corrected chi connectivity index (χ2v) is 9.87. The van der Waals surface area contributed by atoms with Gasteiger partial charge in [0.25, 0.3) is 5.91 Å². The molecule has 0 fully saturated rings. The molecule has 0 saturated heterocycles. The summed E-state index contributed by atoms with van der Waals surface area (Å²) < 4.78 is 46.3. The van der Waals surface area contributed by atoms with Crippen molar-refractivity contribution in [2.24, 2.45) is 0 Å². The van der Waals surface area contributed by atoms with Crippen LogP contribution in [0.2, 0.25) is 0 Å². The molecule has 0 spiro atoms. The quantitative estimate of drug-likeness (QED) is 0.379. The minimum absolute atomic E-state index is 0.0413. The van der Waals surface area contributed by atoms with E-state index in [2.05, 4.69) is 0 Å². The molecule has 0 bridgehead atoms. The van der Waals surface area contributed by atoms with Crippen molar-refractivity contribution >= 4 is 5.91 Å². The molecule has 2 unspecified atom stereocenters. The molecule has 0 aliphatic carbocycles. The first kappa shape index (κ1) is 25.6. The monoisotopic (exact) mass is 549 g/mol. The highest BCUT2D eigenvalue weighted by atomic mass is 19.2. The first-order valence-corrected chi connectivity index (χ1v) is 12.8. The third kappa shape index (κ3) is 4.18. The Hall–Kier alpha value is -4.67. The number of nitrogens with zero attached hydrogens (tertiary/aromatic N) is 3. The summed E-state index contributed by atoms with van der Waals surface area (Å²) in [6.07, 6.45) is 2.66. The molecule has 40 heavy (non-hydrogen) atoms. The van der Waals surface area contributed by atoms with Gasteiger partial charge in [-0.05, 0) is 55.0 Å². The van der Waals surface area contributed by atoms with Crippen LogP contribution in [0.4, 0.5) is 8.78 Å². The summed E-state index contributed by atoms with van der Waals surface area (Å²) >= 11 is 0. The van der Waals surface area contributed by atoms with Crippen molar-refractivity contribution in [1.82, 2.24) is 9.58 Å². The highest BCUT2D eigenvalue weighted by Crippen LogP contribution is 2.39. The standard InChI is InChI=1S/C29H25F2N3O6/c1-16-23(40-29(37)39-16)15-38-27-22(35)11-12-33-26(27)28(36)32(2)24-10-6-9-18-13-20(30)21(31)14-19(18)25(34(24)33)17-7-4-3-5-8-17/h3-5,7-8,11-14,24-25H,6,9-10,15H2,1-2H3. The highest BCUT2D eigenvalue weighted by Gasteiger charge is 2.43.